The number of hydrogen-bond acceptors (Lipinski definition) is 6. The first kappa shape index (κ1) is 31.2. The van der Waals surface area contributed by atoms with Crippen LogP contribution in [0, 0.1) is 0 Å². The van der Waals surface area contributed by atoms with Gasteiger partial charge in [-0.05, 0) is 77.4 Å². The number of thiazole rings is 1. The lowest BCUT2D eigenvalue weighted by atomic mass is 9.95. The second-order valence-electron chi connectivity index (χ2n) is 11.3. The Morgan fingerprint density at radius 1 is 0.938 bits per heavy atom. The zero-order valence-corrected chi connectivity index (χ0v) is 27.7. The van der Waals surface area contributed by atoms with Crippen LogP contribution in [0.4, 0.5) is 5.69 Å². The first-order chi connectivity index (χ1) is 23.4. The third kappa shape index (κ3) is 6.15. The van der Waals surface area contributed by atoms with Crippen molar-refractivity contribution in [1.29, 1.82) is 0 Å². The molecule has 48 heavy (non-hydrogen) atoms. The van der Waals surface area contributed by atoms with Gasteiger partial charge < -0.3 is 14.8 Å². The summed E-state index contributed by atoms with van der Waals surface area (Å²) >= 11 is 7.37. The van der Waals surface area contributed by atoms with E-state index in [4.69, 9.17) is 26.1 Å². The molecule has 0 aliphatic carbocycles. The summed E-state index contributed by atoms with van der Waals surface area (Å²) in [6, 6.07) is 35.4. The number of benzene rings is 5. The number of anilines is 1. The highest BCUT2D eigenvalue weighted by Crippen LogP contribution is 2.33. The summed E-state index contributed by atoms with van der Waals surface area (Å²) in [6.07, 6.45) is 1.87. The Morgan fingerprint density at radius 2 is 1.67 bits per heavy atom. The first-order valence-corrected chi connectivity index (χ1v) is 16.5. The minimum Gasteiger partial charge on any atom is -0.497 e. The first-order valence-electron chi connectivity index (χ1n) is 15.3. The highest BCUT2D eigenvalue weighted by Gasteiger charge is 2.32. The number of halogens is 1. The standard InChI is InChI=1S/C39H30ClN3O4S/c1-24-35(37(44)42-29-9-4-3-5-10-29)36(27-14-19-30(46-2)20-15-27)43-38(45)34(48-39(43)41-24)22-32-31-11-7-6-8-26(31)16-21-33(32)47-23-25-12-17-28(40)18-13-25/h3-22,36H,23H2,1-2H3,(H,42,44)/b34-22+/t36-/m1/s1. The number of fused-ring (bicyclic) bond motifs is 2. The molecule has 5 aromatic carbocycles. The number of nitrogens with zero attached hydrogens (tertiary/aromatic N) is 2. The molecule has 2 heterocycles. The maximum absolute atomic E-state index is 14.5. The number of hydrogen-bond donors (Lipinski definition) is 1. The summed E-state index contributed by atoms with van der Waals surface area (Å²) in [5.74, 6) is 0.981. The van der Waals surface area contributed by atoms with Gasteiger partial charge in [0.1, 0.15) is 18.1 Å². The molecule has 1 aliphatic rings. The summed E-state index contributed by atoms with van der Waals surface area (Å²) in [6.45, 7) is 2.13. The lowest BCUT2D eigenvalue weighted by Crippen LogP contribution is -2.40. The molecule has 1 atom stereocenters. The minimum atomic E-state index is -0.717. The van der Waals surface area contributed by atoms with E-state index in [1.807, 2.05) is 121 Å². The second-order valence-corrected chi connectivity index (χ2v) is 12.7. The smallest absolute Gasteiger partial charge is 0.271 e. The Balaban J connectivity index is 1.37. The lowest BCUT2D eigenvalue weighted by Gasteiger charge is -2.25. The van der Waals surface area contributed by atoms with E-state index in [-0.39, 0.29) is 11.5 Å². The fraction of sp³-hybridized carbons (Fsp3) is 0.103. The van der Waals surface area contributed by atoms with Crippen molar-refractivity contribution in [2.75, 3.05) is 12.4 Å². The molecule has 0 radical (unpaired) electrons. The normalized spacial score (nSPS) is 14.4. The summed E-state index contributed by atoms with van der Waals surface area (Å²) < 4.78 is 13.8. The Bertz CT molecular complexity index is 2360. The zero-order chi connectivity index (χ0) is 33.2. The largest absolute Gasteiger partial charge is 0.497 e. The van der Waals surface area contributed by atoms with Crippen molar-refractivity contribution in [3.63, 3.8) is 0 Å². The van der Waals surface area contributed by atoms with Gasteiger partial charge in [-0.15, -0.1) is 0 Å². The van der Waals surface area contributed by atoms with Gasteiger partial charge in [0, 0.05) is 16.3 Å². The number of ether oxygens (including phenoxy) is 2. The third-order valence-corrected chi connectivity index (χ3v) is 9.48. The Hall–Kier alpha value is -5.44. The van der Waals surface area contributed by atoms with E-state index < -0.39 is 6.04 Å². The van der Waals surface area contributed by atoms with Gasteiger partial charge in [0.25, 0.3) is 11.5 Å². The molecular weight excluding hydrogens is 642 g/mol. The average molecular weight is 672 g/mol. The molecule has 1 amide bonds. The maximum Gasteiger partial charge on any atom is 0.271 e. The predicted molar refractivity (Wildman–Crippen MR) is 192 cm³/mol. The van der Waals surface area contributed by atoms with Crippen LogP contribution in [-0.4, -0.2) is 17.6 Å². The molecule has 7 rings (SSSR count). The van der Waals surface area contributed by atoms with Gasteiger partial charge in [-0.25, -0.2) is 4.99 Å². The van der Waals surface area contributed by atoms with Crippen LogP contribution in [0.3, 0.4) is 0 Å². The van der Waals surface area contributed by atoms with Crippen molar-refractivity contribution in [3.05, 3.63) is 168 Å². The fourth-order valence-electron chi connectivity index (χ4n) is 5.86. The molecule has 0 unspecified atom stereocenters. The number of para-hydroxylation sites is 1. The monoisotopic (exact) mass is 671 g/mol. The van der Waals surface area contributed by atoms with E-state index in [0.717, 1.165) is 27.5 Å². The summed E-state index contributed by atoms with van der Waals surface area (Å²) in [5.41, 5.74) is 3.83. The number of nitrogens with one attached hydrogen (secondary N) is 1. The van der Waals surface area contributed by atoms with E-state index in [9.17, 15) is 9.59 Å². The quantitative estimate of drug-likeness (QED) is 0.185. The number of amides is 1. The summed E-state index contributed by atoms with van der Waals surface area (Å²) in [4.78, 5) is 33.7. The van der Waals surface area contributed by atoms with E-state index in [0.29, 0.717) is 49.4 Å². The molecule has 0 saturated carbocycles. The number of allylic oxidation sites excluding steroid dienone is 1. The fourth-order valence-corrected chi connectivity index (χ4v) is 7.01. The summed E-state index contributed by atoms with van der Waals surface area (Å²) in [5, 5.41) is 5.61. The molecule has 6 aromatic rings. The molecule has 1 N–H and O–H groups in total. The van der Waals surface area contributed by atoms with Crippen LogP contribution in [0.1, 0.15) is 29.7 Å². The third-order valence-electron chi connectivity index (χ3n) is 8.24. The van der Waals surface area contributed by atoms with Gasteiger partial charge in [0.05, 0.1) is 29.0 Å². The Kier molecular flexibility index (Phi) is 8.67. The molecule has 7 nitrogen and oxygen atoms in total. The number of carbonyl (C=O) groups excluding carboxylic acids is 1. The molecule has 9 heteroatoms. The van der Waals surface area contributed by atoms with E-state index >= 15 is 0 Å². The minimum absolute atomic E-state index is 0.256. The number of carbonyl (C=O) groups is 1. The molecule has 238 valence electrons. The van der Waals surface area contributed by atoms with Gasteiger partial charge in [-0.2, -0.15) is 0 Å². The molecule has 0 spiro atoms. The molecule has 1 aromatic heterocycles. The summed E-state index contributed by atoms with van der Waals surface area (Å²) in [7, 11) is 1.60. The maximum atomic E-state index is 14.5. The van der Waals surface area contributed by atoms with Crippen LogP contribution in [0.25, 0.3) is 16.8 Å². The molecule has 0 fully saturated rings. The molecule has 0 saturated heterocycles. The number of aromatic nitrogens is 1. The van der Waals surface area contributed by atoms with Crippen LogP contribution in [0.15, 0.2) is 136 Å². The lowest BCUT2D eigenvalue weighted by molar-refractivity contribution is -0.113. The highest BCUT2D eigenvalue weighted by molar-refractivity contribution is 7.07. The average Bonchev–Trinajstić information content (AvgIpc) is 3.42. The van der Waals surface area contributed by atoms with Crippen LogP contribution < -0.4 is 29.7 Å². The molecular formula is C39H30ClN3O4S. The van der Waals surface area contributed by atoms with Crippen LogP contribution in [-0.2, 0) is 11.4 Å². The number of rotatable bonds is 8. The molecule has 1 aliphatic heterocycles. The van der Waals surface area contributed by atoms with Crippen LogP contribution >= 0.6 is 22.9 Å². The Labute approximate surface area is 285 Å². The van der Waals surface area contributed by atoms with Gasteiger partial charge >= 0.3 is 0 Å². The second kappa shape index (κ2) is 13.4. The van der Waals surface area contributed by atoms with Crippen molar-refractivity contribution >= 4 is 51.4 Å². The van der Waals surface area contributed by atoms with E-state index in [1.165, 1.54) is 11.3 Å². The van der Waals surface area contributed by atoms with Crippen LogP contribution in [0.5, 0.6) is 11.5 Å². The number of methoxy groups -OCH3 is 1. The predicted octanol–water partition coefficient (Wildman–Crippen LogP) is 7.27. The Morgan fingerprint density at radius 3 is 2.42 bits per heavy atom. The van der Waals surface area contributed by atoms with E-state index in [2.05, 4.69) is 5.32 Å². The van der Waals surface area contributed by atoms with Gasteiger partial charge in [-0.3, -0.25) is 14.2 Å². The van der Waals surface area contributed by atoms with Gasteiger partial charge in [0.2, 0.25) is 0 Å². The van der Waals surface area contributed by atoms with Crippen molar-refractivity contribution < 1.29 is 14.3 Å². The van der Waals surface area contributed by atoms with Crippen LogP contribution in [0.2, 0.25) is 5.02 Å². The zero-order valence-electron chi connectivity index (χ0n) is 26.1. The van der Waals surface area contributed by atoms with Crippen molar-refractivity contribution in [2.24, 2.45) is 4.99 Å². The van der Waals surface area contributed by atoms with E-state index in [1.54, 1.807) is 18.6 Å². The highest BCUT2D eigenvalue weighted by atomic mass is 35.5. The van der Waals surface area contributed by atoms with Crippen molar-refractivity contribution in [3.8, 4) is 11.5 Å². The SMILES string of the molecule is COc1ccc([C@@H]2C(C(=O)Nc3ccccc3)=C(C)N=c3s/c(=C/c4c(OCc5ccc(Cl)cc5)ccc5ccccc45)c(=O)n32)cc1. The van der Waals surface area contributed by atoms with Crippen molar-refractivity contribution in [1.82, 2.24) is 4.57 Å². The molecule has 0 bridgehead atoms. The van der Waals surface area contributed by atoms with Gasteiger partial charge in [0.15, 0.2) is 4.80 Å². The van der Waals surface area contributed by atoms with Crippen molar-refractivity contribution in [2.45, 2.75) is 19.6 Å². The van der Waals surface area contributed by atoms with Gasteiger partial charge in [-0.1, -0.05) is 95.7 Å². The topological polar surface area (TPSA) is 81.9 Å².